The van der Waals surface area contributed by atoms with E-state index in [2.05, 4.69) is 15.3 Å². The standard InChI is InChI=1S/C10H14N4O/c15-8-2-1-3-11-9(8)7-6-14-5-4-12-10(14)13-7/h4-6,8-9,11,15H,1-3H2,(H,12,13). The highest BCUT2D eigenvalue weighted by Gasteiger charge is 2.25. The molecule has 3 heterocycles. The Morgan fingerprint density at radius 2 is 2.47 bits per heavy atom. The molecule has 3 rings (SSSR count). The fourth-order valence-electron chi connectivity index (χ4n) is 2.17. The van der Waals surface area contributed by atoms with Crippen molar-refractivity contribution in [3.05, 3.63) is 24.3 Å². The van der Waals surface area contributed by atoms with Gasteiger partial charge in [-0.15, -0.1) is 0 Å². The molecule has 2 aromatic heterocycles. The van der Waals surface area contributed by atoms with Crippen LogP contribution in [0.4, 0.5) is 0 Å². The summed E-state index contributed by atoms with van der Waals surface area (Å²) < 4.78 is 1.93. The summed E-state index contributed by atoms with van der Waals surface area (Å²) in [7, 11) is 0. The Kier molecular flexibility index (Phi) is 2.00. The monoisotopic (exact) mass is 206 g/mol. The molecular weight excluding hydrogens is 192 g/mol. The molecule has 0 aromatic carbocycles. The van der Waals surface area contributed by atoms with Gasteiger partial charge in [-0.3, -0.25) is 4.40 Å². The van der Waals surface area contributed by atoms with E-state index in [0.717, 1.165) is 30.9 Å². The molecule has 0 aliphatic carbocycles. The van der Waals surface area contributed by atoms with Crippen molar-refractivity contribution in [2.45, 2.75) is 25.0 Å². The zero-order valence-electron chi connectivity index (χ0n) is 8.35. The van der Waals surface area contributed by atoms with Crippen molar-refractivity contribution in [1.29, 1.82) is 0 Å². The molecular formula is C10H14N4O. The van der Waals surface area contributed by atoms with Crippen molar-refractivity contribution in [3.63, 3.8) is 0 Å². The van der Waals surface area contributed by atoms with Crippen molar-refractivity contribution in [1.82, 2.24) is 19.7 Å². The third-order valence-corrected chi connectivity index (χ3v) is 2.96. The quantitative estimate of drug-likeness (QED) is 0.634. The molecule has 1 saturated heterocycles. The summed E-state index contributed by atoms with van der Waals surface area (Å²) in [4.78, 5) is 7.36. The molecule has 0 amide bonds. The van der Waals surface area contributed by atoms with Crippen LogP contribution < -0.4 is 5.32 Å². The van der Waals surface area contributed by atoms with Crippen molar-refractivity contribution >= 4 is 5.78 Å². The first-order valence-corrected chi connectivity index (χ1v) is 5.27. The lowest BCUT2D eigenvalue weighted by molar-refractivity contribution is 0.0949. The molecule has 0 bridgehead atoms. The van der Waals surface area contributed by atoms with Gasteiger partial charge >= 0.3 is 0 Å². The number of aromatic nitrogens is 3. The van der Waals surface area contributed by atoms with Gasteiger partial charge in [-0.1, -0.05) is 0 Å². The maximum absolute atomic E-state index is 9.87. The van der Waals surface area contributed by atoms with Crippen LogP contribution in [0.15, 0.2) is 18.6 Å². The van der Waals surface area contributed by atoms with Crippen molar-refractivity contribution in [3.8, 4) is 0 Å². The van der Waals surface area contributed by atoms with Crippen molar-refractivity contribution < 1.29 is 5.11 Å². The van der Waals surface area contributed by atoms with Crippen LogP contribution in [0.2, 0.25) is 0 Å². The van der Waals surface area contributed by atoms with Gasteiger partial charge in [0.2, 0.25) is 5.78 Å². The number of nitrogens with zero attached hydrogens (tertiary/aromatic N) is 2. The second-order valence-corrected chi connectivity index (χ2v) is 4.01. The number of aliphatic hydroxyl groups is 1. The van der Waals surface area contributed by atoms with Crippen LogP contribution >= 0.6 is 0 Å². The summed E-state index contributed by atoms with van der Waals surface area (Å²) in [5.41, 5.74) is 1.00. The van der Waals surface area contributed by atoms with Crippen LogP contribution in [-0.2, 0) is 0 Å². The van der Waals surface area contributed by atoms with Gasteiger partial charge in [-0.25, -0.2) is 4.98 Å². The summed E-state index contributed by atoms with van der Waals surface area (Å²) in [6.45, 7) is 0.961. The molecule has 0 spiro atoms. The van der Waals surface area contributed by atoms with Gasteiger partial charge in [0.1, 0.15) is 0 Å². The Labute approximate surface area is 87.1 Å². The lowest BCUT2D eigenvalue weighted by Gasteiger charge is -2.27. The highest BCUT2D eigenvalue weighted by Crippen LogP contribution is 2.22. The molecule has 3 N–H and O–H groups in total. The molecule has 1 aliphatic heterocycles. The third-order valence-electron chi connectivity index (χ3n) is 2.96. The highest BCUT2D eigenvalue weighted by molar-refractivity contribution is 5.32. The molecule has 2 aromatic rings. The summed E-state index contributed by atoms with van der Waals surface area (Å²) in [5, 5.41) is 13.2. The van der Waals surface area contributed by atoms with E-state index in [9.17, 15) is 5.11 Å². The lowest BCUT2D eigenvalue weighted by Crippen LogP contribution is -2.37. The molecule has 1 aliphatic rings. The number of rotatable bonds is 1. The number of hydrogen-bond donors (Lipinski definition) is 3. The molecule has 1 fully saturated rings. The second kappa shape index (κ2) is 3.36. The Balaban J connectivity index is 1.95. The number of fused-ring (bicyclic) bond motifs is 1. The first kappa shape index (κ1) is 8.94. The average molecular weight is 206 g/mol. The van der Waals surface area contributed by atoms with Crippen LogP contribution in [0.5, 0.6) is 0 Å². The topological polar surface area (TPSA) is 65.3 Å². The number of H-pyrrole nitrogens is 1. The fraction of sp³-hybridized carbons (Fsp3) is 0.500. The Morgan fingerprint density at radius 3 is 3.27 bits per heavy atom. The number of piperidine rings is 1. The number of hydrogen-bond acceptors (Lipinski definition) is 3. The Morgan fingerprint density at radius 1 is 1.53 bits per heavy atom. The smallest absolute Gasteiger partial charge is 0.211 e. The van der Waals surface area contributed by atoms with Gasteiger partial charge in [0.15, 0.2) is 0 Å². The van der Waals surface area contributed by atoms with Gasteiger partial charge in [-0.05, 0) is 19.4 Å². The van der Waals surface area contributed by atoms with E-state index in [1.54, 1.807) is 6.20 Å². The first-order valence-electron chi connectivity index (χ1n) is 5.27. The summed E-state index contributed by atoms with van der Waals surface area (Å²) in [6.07, 6.45) is 7.22. The molecule has 0 saturated carbocycles. The second-order valence-electron chi connectivity index (χ2n) is 4.01. The largest absolute Gasteiger partial charge is 0.391 e. The SMILES string of the molecule is OC1CCCNC1c1cn2ccnc2[nH]1. The van der Waals surface area contributed by atoms with Crippen LogP contribution in [0.1, 0.15) is 24.6 Å². The van der Waals surface area contributed by atoms with Crippen molar-refractivity contribution in [2.24, 2.45) is 0 Å². The highest BCUT2D eigenvalue weighted by atomic mass is 16.3. The van der Waals surface area contributed by atoms with Gasteiger partial charge in [0.25, 0.3) is 0 Å². The molecule has 2 unspecified atom stereocenters. The first-order chi connectivity index (χ1) is 7.34. The lowest BCUT2D eigenvalue weighted by atomic mass is 9.99. The normalized spacial score (nSPS) is 27.3. The minimum absolute atomic E-state index is 0.0143. The van der Waals surface area contributed by atoms with Crippen molar-refractivity contribution in [2.75, 3.05) is 6.54 Å². The van der Waals surface area contributed by atoms with Crippen LogP contribution in [0, 0.1) is 0 Å². The van der Waals surface area contributed by atoms with E-state index in [4.69, 9.17) is 0 Å². The van der Waals surface area contributed by atoms with E-state index in [1.807, 2.05) is 16.8 Å². The predicted octanol–water partition coefficient (Wildman–Crippen LogP) is 0.448. The van der Waals surface area contributed by atoms with E-state index in [-0.39, 0.29) is 12.1 Å². The molecule has 15 heavy (non-hydrogen) atoms. The third kappa shape index (κ3) is 1.44. The maximum atomic E-state index is 9.87. The zero-order valence-corrected chi connectivity index (χ0v) is 8.35. The molecule has 0 radical (unpaired) electrons. The predicted molar refractivity (Wildman–Crippen MR) is 55.5 cm³/mol. The van der Waals surface area contributed by atoms with Gasteiger partial charge in [0, 0.05) is 18.6 Å². The summed E-state index contributed by atoms with van der Waals surface area (Å²) in [6, 6.07) is 0.0143. The minimum Gasteiger partial charge on any atom is -0.391 e. The summed E-state index contributed by atoms with van der Waals surface area (Å²) in [5.74, 6) is 0.824. The average Bonchev–Trinajstić information content (AvgIpc) is 2.77. The van der Waals surface area contributed by atoms with Crippen LogP contribution in [0.3, 0.4) is 0 Å². The van der Waals surface area contributed by atoms with E-state index in [0.29, 0.717) is 0 Å². The van der Waals surface area contributed by atoms with Gasteiger partial charge in [-0.2, -0.15) is 0 Å². The fourth-order valence-corrected chi connectivity index (χ4v) is 2.17. The van der Waals surface area contributed by atoms with E-state index in [1.165, 1.54) is 0 Å². The van der Waals surface area contributed by atoms with Gasteiger partial charge in [0.05, 0.1) is 17.8 Å². The number of aliphatic hydroxyl groups excluding tert-OH is 1. The molecule has 2 atom stereocenters. The molecule has 5 nitrogen and oxygen atoms in total. The van der Waals surface area contributed by atoms with E-state index >= 15 is 0 Å². The summed E-state index contributed by atoms with van der Waals surface area (Å²) >= 11 is 0. The Bertz CT molecular complexity index is 432. The molecule has 80 valence electrons. The number of imidazole rings is 2. The molecule has 5 heteroatoms. The van der Waals surface area contributed by atoms with Crippen LogP contribution in [-0.4, -0.2) is 32.1 Å². The van der Waals surface area contributed by atoms with E-state index < -0.39 is 0 Å². The number of nitrogens with one attached hydrogen (secondary N) is 2. The minimum atomic E-state index is -0.304. The van der Waals surface area contributed by atoms with Crippen LogP contribution in [0.25, 0.3) is 5.78 Å². The number of aromatic amines is 1. The Hall–Kier alpha value is -1.33. The zero-order chi connectivity index (χ0) is 10.3. The maximum Gasteiger partial charge on any atom is 0.211 e. The van der Waals surface area contributed by atoms with Gasteiger partial charge < -0.3 is 15.4 Å².